The highest BCUT2D eigenvalue weighted by molar-refractivity contribution is 8.00. The lowest BCUT2D eigenvalue weighted by Gasteiger charge is -2.36. The lowest BCUT2D eigenvalue weighted by Crippen LogP contribution is -2.44. The second kappa shape index (κ2) is 5.81. The van der Waals surface area contributed by atoms with Gasteiger partial charge in [-0.3, -0.25) is 9.78 Å². The number of carbonyl (C=O) groups is 1. The number of aromatic nitrogens is 1. The smallest absolute Gasteiger partial charge is 0.256 e. The molecule has 1 amide bonds. The van der Waals surface area contributed by atoms with E-state index in [2.05, 4.69) is 11.1 Å². The maximum Gasteiger partial charge on any atom is 0.256 e. The van der Waals surface area contributed by atoms with Crippen LogP contribution in [-0.4, -0.2) is 39.9 Å². The fourth-order valence-electron chi connectivity index (χ4n) is 2.14. The van der Waals surface area contributed by atoms with E-state index in [0.29, 0.717) is 36.5 Å². The minimum absolute atomic E-state index is 0.106. The number of likely N-dealkylation sites (tertiary alicyclic amines) is 1. The summed E-state index contributed by atoms with van der Waals surface area (Å²) < 4.78 is -0.352. The Balaban J connectivity index is 2.09. The normalized spacial score (nSPS) is 17.8. The van der Waals surface area contributed by atoms with E-state index in [1.807, 2.05) is 6.26 Å². The Hall–Kier alpha value is -1.25. The van der Waals surface area contributed by atoms with Gasteiger partial charge in [0.1, 0.15) is 4.75 Å². The van der Waals surface area contributed by atoms with Crippen molar-refractivity contribution in [2.75, 3.05) is 19.3 Å². The molecular formula is C13H14ClN3OS. The molecule has 0 N–H and O–H groups in total. The molecule has 1 aromatic rings. The van der Waals surface area contributed by atoms with Crippen LogP contribution in [0.15, 0.2) is 18.5 Å². The van der Waals surface area contributed by atoms with E-state index in [1.165, 1.54) is 6.20 Å². The van der Waals surface area contributed by atoms with Crippen molar-refractivity contribution in [3.8, 4) is 6.07 Å². The third kappa shape index (κ3) is 2.85. The second-order valence-electron chi connectivity index (χ2n) is 4.46. The zero-order chi connectivity index (χ0) is 13.9. The Labute approximate surface area is 121 Å². The van der Waals surface area contributed by atoms with Crippen molar-refractivity contribution in [3.63, 3.8) is 0 Å². The first kappa shape index (κ1) is 14.2. The summed E-state index contributed by atoms with van der Waals surface area (Å²) in [5.41, 5.74) is 0.428. The molecule has 100 valence electrons. The van der Waals surface area contributed by atoms with Crippen LogP contribution in [0.2, 0.25) is 5.02 Å². The van der Waals surface area contributed by atoms with E-state index >= 15 is 0 Å². The first-order valence-corrected chi connectivity index (χ1v) is 7.57. The quantitative estimate of drug-likeness (QED) is 0.841. The third-order valence-corrected chi connectivity index (χ3v) is 5.06. The van der Waals surface area contributed by atoms with Crippen LogP contribution >= 0.6 is 23.4 Å². The molecule has 1 aliphatic rings. The van der Waals surface area contributed by atoms with Crippen LogP contribution < -0.4 is 0 Å². The molecule has 0 aromatic carbocycles. The minimum atomic E-state index is -0.352. The van der Waals surface area contributed by atoms with Gasteiger partial charge in [-0.05, 0) is 25.2 Å². The largest absolute Gasteiger partial charge is 0.338 e. The van der Waals surface area contributed by atoms with Gasteiger partial charge in [0.15, 0.2) is 0 Å². The molecule has 0 radical (unpaired) electrons. The van der Waals surface area contributed by atoms with Crippen LogP contribution in [0.25, 0.3) is 0 Å². The van der Waals surface area contributed by atoms with E-state index in [1.54, 1.807) is 28.9 Å². The molecule has 0 aliphatic carbocycles. The summed E-state index contributed by atoms with van der Waals surface area (Å²) in [6, 6.07) is 3.98. The summed E-state index contributed by atoms with van der Waals surface area (Å²) in [6.45, 7) is 1.16. The Morgan fingerprint density at radius 1 is 1.58 bits per heavy atom. The minimum Gasteiger partial charge on any atom is -0.338 e. The average Bonchev–Trinajstić information content (AvgIpc) is 2.47. The summed E-state index contributed by atoms with van der Waals surface area (Å²) in [6.07, 6.45) is 6.37. The lowest BCUT2D eigenvalue weighted by atomic mass is 9.97. The summed E-state index contributed by atoms with van der Waals surface area (Å²) in [7, 11) is 0. The molecular weight excluding hydrogens is 282 g/mol. The van der Waals surface area contributed by atoms with Gasteiger partial charge in [0.25, 0.3) is 5.91 Å². The number of halogens is 1. The number of amides is 1. The maximum atomic E-state index is 12.3. The molecule has 6 heteroatoms. The number of nitriles is 1. The van der Waals surface area contributed by atoms with Gasteiger partial charge in [-0.15, -0.1) is 11.8 Å². The topological polar surface area (TPSA) is 57.0 Å². The molecule has 1 aromatic heterocycles. The van der Waals surface area contributed by atoms with E-state index < -0.39 is 0 Å². The molecule has 1 aliphatic heterocycles. The van der Waals surface area contributed by atoms with Crippen LogP contribution in [0.5, 0.6) is 0 Å². The van der Waals surface area contributed by atoms with Crippen molar-refractivity contribution in [3.05, 3.63) is 29.0 Å². The van der Waals surface area contributed by atoms with Crippen LogP contribution in [0.3, 0.4) is 0 Å². The lowest BCUT2D eigenvalue weighted by molar-refractivity contribution is 0.0716. The first-order chi connectivity index (χ1) is 9.12. The predicted octanol–water partition coefficient (Wildman–Crippen LogP) is 2.60. The fraction of sp³-hybridized carbons (Fsp3) is 0.462. The number of nitrogens with zero attached hydrogens (tertiary/aromatic N) is 3. The van der Waals surface area contributed by atoms with Gasteiger partial charge < -0.3 is 4.90 Å². The van der Waals surface area contributed by atoms with Gasteiger partial charge in [-0.2, -0.15) is 5.26 Å². The van der Waals surface area contributed by atoms with E-state index in [9.17, 15) is 10.1 Å². The summed E-state index contributed by atoms with van der Waals surface area (Å²) >= 11 is 7.57. The molecule has 19 heavy (non-hydrogen) atoms. The molecule has 0 unspecified atom stereocenters. The predicted molar refractivity (Wildman–Crippen MR) is 76.2 cm³/mol. The monoisotopic (exact) mass is 295 g/mol. The highest BCUT2D eigenvalue weighted by atomic mass is 35.5. The number of pyridine rings is 1. The highest BCUT2D eigenvalue weighted by Gasteiger charge is 2.35. The number of hydrogen-bond donors (Lipinski definition) is 0. The van der Waals surface area contributed by atoms with Gasteiger partial charge in [-0.1, -0.05) is 11.6 Å². The van der Waals surface area contributed by atoms with Gasteiger partial charge in [-0.25, -0.2) is 0 Å². The Morgan fingerprint density at radius 2 is 2.26 bits per heavy atom. The number of carbonyl (C=O) groups excluding carboxylic acids is 1. The van der Waals surface area contributed by atoms with E-state index in [4.69, 9.17) is 11.6 Å². The fourth-order valence-corrected chi connectivity index (χ4v) is 3.01. The first-order valence-electron chi connectivity index (χ1n) is 5.97. The number of rotatable bonds is 2. The van der Waals surface area contributed by atoms with Crippen molar-refractivity contribution in [1.29, 1.82) is 5.26 Å². The molecule has 2 heterocycles. The Bertz CT molecular complexity index is 521. The average molecular weight is 296 g/mol. The van der Waals surface area contributed by atoms with Crippen molar-refractivity contribution < 1.29 is 4.79 Å². The van der Waals surface area contributed by atoms with Gasteiger partial charge >= 0.3 is 0 Å². The van der Waals surface area contributed by atoms with Crippen molar-refractivity contribution in [2.45, 2.75) is 17.6 Å². The second-order valence-corrected chi connectivity index (χ2v) is 6.05. The Morgan fingerprint density at radius 3 is 2.79 bits per heavy atom. The molecule has 1 saturated heterocycles. The van der Waals surface area contributed by atoms with Gasteiger partial charge in [0.2, 0.25) is 0 Å². The third-order valence-electron chi connectivity index (χ3n) is 3.45. The molecule has 0 atom stereocenters. The molecule has 0 bridgehead atoms. The maximum absolute atomic E-state index is 12.3. The van der Waals surface area contributed by atoms with E-state index in [-0.39, 0.29) is 10.7 Å². The van der Waals surface area contributed by atoms with Crippen molar-refractivity contribution in [2.24, 2.45) is 0 Å². The van der Waals surface area contributed by atoms with E-state index in [0.717, 1.165) is 0 Å². The molecule has 4 nitrogen and oxygen atoms in total. The van der Waals surface area contributed by atoms with Crippen LogP contribution in [-0.2, 0) is 0 Å². The summed E-state index contributed by atoms with van der Waals surface area (Å²) in [5, 5.41) is 9.64. The number of piperidine rings is 1. The SMILES string of the molecule is CSC1(C#N)CCN(C(=O)c2cnccc2Cl)CC1. The summed E-state index contributed by atoms with van der Waals surface area (Å²) in [5.74, 6) is -0.106. The highest BCUT2D eigenvalue weighted by Crippen LogP contribution is 2.34. The standard InChI is InChI=1S/C13H14ClN3OS/c1-19-13(9-15)3-6-17(7-4-13)12(18)10-8-16-5-2-11(10)14/h2,5,8H,3-4,6-7H2,1H3. The zero-order valence-corrected chi connectivity index (χ0v) is 12.2. The van der Waals surface area contributed by atoms with Crippen LogP contribution in [0, 0.1) is 11.3 Å². The molecule has 0 spiro atoms. The number of thioether (sulfide) groups is 1. The van der Waals surface area contributed by atoms with Crippen molar-refractivity contribution in [1.82, 2.24) is 9.88 Å². The Kier molecular flexibility index (Phi) is 4.33. The molecule has 1 fully saturated rings. The van der Waals surface area contributed by atoms with Gasteiger partial charge in [0.05, 0.1) is 16.7 Å². The summed E-state index contributed by atoms with van der Waals surface area (Å²) in [4.78, 5) is 18.0. The molecule has 2 rings (SSSR count). The van der Waals surface area contributed by atoms with Crippen LogP contribution in [0.1, 0.15) is 23.2 Å². The van der Waals surface area contributed by atoms with Crippen molar-refractivity contribution >= 4 is 29.3 Å². The van der Waals surface area contributed by atoms with Gasteiger partial charge in [0, 0.05) is 25.5 Å². The van der Waals surface area contributed by atoms with Crippen LogP contribution in [0.4, 0.5) is 0 Å². The molecule has 0 saturated carbocycles. The zero-order valence-electron chi connectivity index (χ0n) is 10.6. The number of hydrogen-bond acceptors (Lipinski definition) is 4.